The first-order valence-corrected chi connectivity index (χ1v) is 5.01. The van der Waals surface area contributed by atoms with Crippen molar-refractivity contribution in [2.75, 3.05) is 20.1 Å². The molecule has 0 fully saturated rings. The molecule has 0 aromatic heterocycles. The molecule has 0 spiro atoms. The molecule has 12 heavy (non-hydrogen) atoms. The fourth-order valence-corrected chi connectivity index (χ4v) is 0.728. The molecule has 0 unspecified atom stereocenters. The lowest BCUT2D eigenvalue weighted by Gasteiger charge is -2.01. The van der Waals surface area contributed by atoms with Gasteiger partial charge in [-0.3, -0.25) is 0 Å². The Kier molecular flexibility index (Phi) is 6.57. The van der Waals surface area contributed by atoms with Gasteiger partial charge < -0.3 is 9.47 Å². The Morgan fingerprint density at radius 3 is 1.75 bits per heavy atom. The van der Waals surface area contributed by atoms with Crippen molar-refractivity contribution < 1.29 is 9.47 Å². The van der Waals surface area contributed by atoms with Crippen LogP contribution in [0.1, 0.15) is 0 Å². The Labute approximate surface area is 81.6 Å². The highest BCUT2D eigenvalue weighted by Crippen LogP contribution is 2.17. The first-order valence-electron chi connectivity index (χ1n) is 3.42. The maximum absolute atomic E-state index is 4.98. The van der Waals surface area contributed by atoms with Gasteiger partial charge in [0.05, 0.1) is 14.2 Å². The van der Waals surface area contributed by atoms with Crippen LogP contribution in [-0.4, -0.2) is 20.1 Å². The first-order chi connectivity index (χ1) is 5.86. The molecule has 0 bridgehead atoms. The van der Waals surface area contributed by atoms with Crippen LogP contribution in [0.3, 0.4) is 0 Å². The van der Waals surface area contributed by atoms with Gasteiger partial charge in [0, 0.05) is 6.07 Å². The summed E-state index contributed by atoms with van der Waals surface area (Å²) >= 11 is 2.94. The average Bonchev–Trinajstić information content (AvgIpc) is 2.21. The molecule has 0 N–H and O–H groups in total. The van der Waals surface area contributed by atoms with Gasteiger partial charge in [0.2, 0.25) is 0 Å². The molecular weight excluding hydrogens is 220 g/mol. The maximum atomic E-state index is 4.98. The zero-order valence-electron chi connectivity index (χ0n) is 7.50. The standard InChI is InChI=1S/C8H10O2.CH3Br/c1-9-7-4-3-5-8(6-7)10-2;1-2/h3-6H,1-2H3;1H3. The van der Waals surface area contributed by atoms with E-state index < -0.39 is 0 Å². The Morgan fingerprint density at radius 2 is 1.42 bits per heavy atom. The zero-order chi connectivity index (χ0) is 9.40. The largest absolute Gasteiger partial charge is 0.497 e. The lowest BCUT2D eigenvalue weighted by Crippen LogP contribution is -1.84. The molecule has 0 aliphatic carbocycles. The summed E-state index contributed by atoms with van der Waals surface area (Å²) in [6.45, 7) is 0. The fourth-order valence-electron chi connectivity index (χ4n) is 0.728. The van der Waals surface area contributed by atoms with Crippen LogP contribution in [0.25, 0.3) is 0 Å². The van der Waals surface area contributed by atoms with E-state index in [0.29, 0.717) is 0 Å². The molecule has 0 amide bonds. The second kappa shape index (κ2) is 6.98. The number of hydrogen-bond donors (Lipinski definition) is 0. The van der Waals surface area contributed by atoms with Crippen molar-refractivity contribution in [1.82, 2.24) is 0 Å². The van der Waals surface area contributed by atoms with Crippen LogP contribution in [-0.2, 0) is 0 Å². The predicted molar refractivity (Wildman–Crippen MR) is 54.4 cm³/mol. The van der Waals surface area contributed by atoms with Gasteiger partial charge in [0.1, 0.15) is 11.5 Å². The number of methoxy groups -OCH3 is 2. The minimum atomic E-state index is 0.819. The fraction of sp³-hybridized carbons (Fsp3) is 0.333. The van der Waals surface area contributed by atoms with Crippen LogP contribution >= 0.6 is 15.9 Å². The molecule has 0 saturated carbocycles. The van der Waals surface area contributed by atoms with Crippen molar-refractivity contribution in [1.29, 1.82) is 0 Å². The predicted octanol–water partition coefficient (Wildman–Crippen LogP) is 2.71. The van der Waals surface area contributed by atoms with E-state index in [9.17, 15) is 0 Å². The van der Waals surface area contributed by atoms with Crippen LogP contribution in [0.2, 0.25) is 0 Å². The average molecular weight is 233 g/mol. The number of rotatable bonds is 2. The van der Waals surface area contributed by atoms with Crippen LogP contribution in [0.4, 0.5) is 0 Å². The highest BCUT2D eigenvalue weighted by atomic mass is 79.9. The number of ether oxygens (including phenoxy) is 2. The van der Waals surface area contributed by atoms with Crippen LogP contribution in [0, 0.1) is 0 Å². The Hall–Kier alpha value is -0.700. The quantitative estimate of drug-likeness (QED) is 0.731. The number of hydrogen-bond acceptors (Lipinski definition) is 2. The molecule has 1 aromatic rings. The first kappa shape index (κ1) is 11.3. The zero-order valence-corrected chi connectivity index (χ0v) is 9.09. The topological polar surface area (TPSA) is 18.5 Å². The van der Waals surface area contributed by atoms with Gasteiger partial charge in [-0.2, -0.15) is 0 Å². The summed E-state index contributed by atoms with van der Waals surface area (Å²) < 4.78 is 9.95. The van der Waals surface area contributed by atoms with E-state index in [1.54, 1.807) is 14.2 Å². The minimum absolute atomic E-state index is 0.819. The summed E-state index contributed by atoms with van der Waals surface area (Å²) in [5.74, 6) is 3.45. The highest BCUT2D eigenvalue weighted by molar-refractivity contribution is 9.08. The molecule has 0 aliphatic rings. The Balaban J connectivity index is 0.000000561. The molecule has 0 saturated heterocycles. The SMILES string of the molecule is CBr.COc1cccc(OC)c1. The number of halogens is 1. The maximum Gasteiger partial charge on any atom is 0.122 e. The van der Waals surface area contributed by atoms with E-state index >= 15 is 0 Å². The summed E-state index contributed by atoms with van der Waals surface area (Å²) in [7, 11) is 3.27. The smallest absolute Gasteiger partial charge is 0.122 e. The van der Waals surface area contributed by atoms with Gasteiger partial charge in [0.25, 0.3) is 0 Å². The van der Waals surface area contributed by atoms with Crippen molar-refractivity contribution in [3.63, 3.8) is 0 Å². The summed E-state index contributed by atoms with van der Waals surface area (Å²) in [5, 5.41) is 0. The third kappa shape index (κ3) is 3.62. The van der Waals surface area contributed by atoms with Crippen LogP contribution in [0.15, 0.2) is 24.3 Å². The Morgan fingerprint density at radius 1 is 1.00 bits per heavy atom. The Bertz CT molecular complexity index is 194. The monoisotopic (exact) mass is 232 g/mol. The van der Waals surface area contributed by atoms with Crippen molar-refractivity contribution >= 4 is 15.9 Å². The van der Waals surface area contributed by atoms with Crippen molar-refractivity contribution in [3.05, 3.63) is 24.3 Å². The molecular formula is C9H13BrO2. The van der Waals surface area contributed by atoms with Gasteiger partial charge in [-0.05, 0) is 18.0 Å². The second-order valence-electron chi connectivity index (χ2n) is 1.88. The number of benzene rings is 1. The molecule has 0 heterocycles. The van der Waals surface area contributed by atoms with Crippen molar-refractivity contribution in [2.45, 2.75) is 0 Å². The van der Waals surface area contributed by atoms with E-state index in [4.69, 9.17) is 9.47 Å². The summed E-state index contributed by atoms with van der Waals surface area (Å²) in [6.07, 6.45) is 0. The molecule has 1 aromatic carbocycles. The van der Waals surface area contributed by atoms with Crippen LogP contribution < -0.4 is 9.47 Å². The summed E-state index contributed by atoms with van der Waals surface area (Å²) in [4.78, 5) is 0. The lowest BCUT2D eigenvalue weighted by atomic mass is 10.3. The second-order valence-corrected chi connectivity index (χ2v) is 1.88. The molecule has 0 aliphatic heterocycles. The van der Waals surface area contributed by atoms with Gasteiger partial charge in [-0.25, -0.2) is 0 Å². The van der Waals surface area contributed by atoms with E-state index in [-0.39, 0.29) is 0 Å². The number of alkyl halides is 1. The third-order valence-corrected chi connectivity index (χ3v) is 1.28. The van der Waals surface area contributed by atoms with Gasteiger partial charge in [-0.1, -0.05) is 22.0 Å². The molecule has 68 valence electrons. The van der Waals surface area contributed by atoms with Gasteiger partial charge in [-0.15, -0.1) is 0 Å². The molecule has 0 radical (unpaired) electrons. The lowest BCUT2D eigenvalue weighted by molar-refractivity contribution is 0.394. The normalized spacial score (nSPS) is 8.00. The van der Waals surface area contributed by atoms with Crippen LogP contribution in [0.5, 0.6) is 11.5 Å². The van der Waals surface area contributed by atoms with Gasteiger partial charge in [0.15, 0.2) is 0 Å². The van der Waals surface area contributed by atoms with E-state index in [1.807, 2.05) is 30.1 Å². The highest BCUT2D eigenvalue weighted by Gasteiger charge is 1.91. The van der Waals surface area contributed by atoms with E-state index in [1.165, 1.54) is 0 Å². The van der Waals surface area contributed by atoms with Gasteiger partial charge >= 0.3 is 0 Å². The molecule has 1 rings (SSSR count). The minimum Gasteiger partial charge on any atom is -0.497 e. The molecule has 2 nitrogen and oxygen atoms in total. The summed E-state index contributed by atoms with van der Waals surface area (Å²) in [5.41, 5.74) is 0. The van der Waals surface area contributed by atoms with Crippen molar-refractivity contribution in [2.24, 2.45) is 0 Å². The molecule has 3 heteroatoms. The molecule has 0 atom stereocenters. The summed E-state index contributed by atoms with van der Waals surface area (Å²) in [6, 6.07) is 7.47. The third-order valence-electron chi connectivity index (χ3n) is 1.28. The van der Waals surface area contributed by atoms with Crippen molar-refractivity contribution in [3.8, 4) is 11.5 Å². The van der Waals surface area contributed by atoms with E-state index in [2.05, 4.69) is 15.9 Å². The van der Waals surface area contributed by atoms with E-state index in [0.717, 1.165) is 11.5 Å².